The molecule has 1 atom stereocenters. The van der Waals surface area contributed by atoms with Gasteiger partial charge in [0, 0.05) is 13.0 Å². The zero-order valence-corrected chi connectivity index (χ0v) is 18.2. The Morgan fingerprint density at radius 3 is 2.50 bits per heavy atom. The molecule has 0 saturated carbocycles. The number of fused-ring (bicyclic) bond motifs is 1. The van der Waals surface area contributed by atoms with Gasteiger partial charge in [-0.2, -0.15) is 0 Å². The molecule has 5 rings (SSSR count). The molecule has 162 valence electrons. The Morgan fingerprint density at radius 1 is 0.969 bits per heavy atom. The van der Waals surface area contributed by atoms with Crippen molar-refractivity contribution < 1.29 is 9.47 Å². The number of ether oxygens (including phenoxy) is 2. The fourth-order valence-electron chi connectivity index (χ4n) is 3.65. The maximum atomic E-state index is 6.07. The molecule has 2 aromatic carbocycles. The maximum Gasteiger partial charge on any atom is 0.245 e. The maximum absolute atomic E-state index is 6.07. The lowest BCUT2D eigenvalue weighted by molar-refractivity contribution is -0.0236. The molecule has 32 heavy (non-hydrogen) atoms. The molecule has 0 spiro atoms. The van der Waals surface area contributed by atoms with E-state index in [1.54, 1.807) is 6.26 Å². The van der Waals surface area contributed by atoms with Crippen LogP contribution in [-0.2, 0) is 28.9 Å². The van der Waals surface area contributed by atoms with Crippen LogP contribution in [0.4, 0.5) is 5.82 Å². The van der Waals surface area contributed by atoms with Crippen molar-refractivity contribution in [1.29, 1.82) is 0 Å². The molecule has 7 nitrogen and oxygen atoms in total. The molecule has 8 heteroatoms. The van der Waals surface area contributed by atoms with Gasteiger partial charge < -0.3 is 19.8 Å². The number of hydrogen-bond acceptors (Lipinski definition) is 7. The van der Waals surface area contributed by atoms with E-state index in [1.807, 2.05) is 24.3 Å². The van der Waals surface area contributed by atoms with Gasteiger partial charge in [0.25, 0.3) is 0 Å². The Morgan fingerprint density at radius 2 is 1.72 bits per heavy atom. The standard InChI is InChI=1S/C24H23N5O2S/c25-22-21-23(27-16-26-22)29(13-7-12-17-8-3-1-4-9-17)24(28-21)32-20-15-30-19(31-20)14-18-10-5-2-6-11-18/h1-6,8-11,15-16,19H,7,12-14H2,(H2,25,26,27). The Balaban J connectivity index is 1.31. The average Bonchev–Trinajstić information content (AvgIpc) is 3.40. The number of nitrogens with two attached hydrogens (primary N) is 1. The minimum absolute atomic E-state index is 0.347. The van der Waals surface area contributed by atoms with Gasteiger partial charge in [-0.1, -0.05) is 60.7 Å². The summed E-state index contributed by atoms with van der Waals surface area (Å²) in [6, 6.07) is 20.6. The number of nitrogens with zero attached hydrogens (tertiary/aromatic N) is 4. The molecule has 0 radical (unpaired) electrons. The van der Waals surface area contributed by atoms with E-state index < -0.39 is 0 Å². The number of imidazole rings is 1. The number of benzene rings is 2. The van der Waals surface area contributed by atoms with Gasteiger partial charge in [-0.25, -0.2) is 15.0 Å². The third-order valence-electron chi connectivity index (χ3n) is 5.22. The van der Waals surface area contributed by atoms with Crippen LogP contribution >= 0.6 is 11.8 Å². The van der Waals surface area contributed by atoms with Crippen molar-refractivity contribution in [2.45, 2.75) is 37.3 Å². The molecule has 3 heterocycles. The molecule has 0 amide bonds. The lowest BCUT2D eigenvalue weighted by Crippen LogP contribution is -2.11. The Bertz CT molecular complexity index is 1230. The smallest absolute Gasteiger partial charge is 0.245 e. The summed E-state index contributed by atoms with van der Waals surface area (Å²) in [6.07, 6.45) is 5.37. The molecule has 0 bridgehead atoms. The van der Waals surface area contributed by atoms with Crippen molar-refractivity contribution in [2.75, 3.05) is 5.73 Å². The lowest BCUT2D eigenvalue weighted by atomic mass is 10.1. The van der Waals surface area contributed by atoms with E-state index in [2.05, 4.69) is 50.9 Å². The predicted molar refractivity (Wildman–Crippen MR) is 125 cm³/mol. The van der Waals surface area contributed by atoms with Crippen LogP contribution in [0.2, 0.25) is 0 Å². The molecule has 0 aliphatic carbocycles. The number of aromatic nitrogens is 4. The molecule has 1 unspecified atom stereocenters. The molecule has 0 fully saturated rings. The minimum atomic E-state index is -0.347. The first-order chi connectivity index (χ1) is 15.8. The van der Waals surface area contributed by atoms with Gasteiger partial charge in [-0.15, -0.1) is 0 Å². The fourth-order valence-corrected chi connectivity index (χ4v) is 4.51. The summed E-state index contributed by atoms with van der Waals surface area (Å²) in [5.41, 5.74) is 9.87. The summed E-state index contributed by atoms with van der Waals surface area (Å²) >= 11 is 1.42. The quantitative estimate of drug-likeness (QED) is 0.426. The van der Waals surface area contributed by atoms with E-state index in [0.29, 0.717) is 22.8 Å². The first kappa shape index (κ1) is 20.4. The van der Waals surface area contributed by atoms with E-state index >= 15 is 0 Å². The predicted octanol–water partition coefficient (Wildman–Crippen LogP) is 4.55. The van der Waals surface area contributed by atoms with Crippen LogP contribution in [0.15, 0.2) is 83.5 Å². The summed E-state index contributed by atoms with van der Waals surface area (Å²) in [5, 5.41) is 1.42. The van der Waals surface area contributed by atoms with Crippen molar-refractivity contribution >= 4 is 28.7 Å². The molecule has 2 aromatic heterocycles. The van der Waals surface area contributed by atoms with Gasteiger partial charge in [0.15, 0.2) is 27.2 Å². The zero-order valence-electron chi connectivity index (χ0n) is 17.4. The van der Waals surface area contributed by atoms with Crippen molar-refractivity contribution in [3.8, 4) is 0 Å². The molecule has 1 aliphatic rings. The lowest BCUT2D eigenvalue weighted by Gasteiger charge is -2.12. The summed E-state index contributed by atoms with van der Waals surface area (Å²) in [5.74, 6) is 0.373. The van der Waals surface area contributed by atoms with Crippen LogP contribution in [0, 0.1) is 0 Å². The van der Waals surface area contributed by atoms with Gasteiger partial charge in [0.05, 0.1) is 0 Å². The monoisotopic (exact) mass is 445 g/mol. The Labute approximate surface area is 190 Å². The van der Waals surface area contributed by atoms with E-state index in [0.717, 1.165) is 35.8 Å². The zero-order chi connectivity index (χ0) is 21.8. The van der Waals surface area contributed by atoms with Crippen molar-refractivity contribution in [3.63, 3.8) is 0 Å². The van der Waals surface area contributed by atoms with Crippen molar-refractivity contribution in [2.24, 2.45) is 0 Å². The van der Waals surface area contributed by atoms with Crippen LogP contribution in [0.1, 0.15) is 17.5 Å². The summed E-state index contributed by atoms with van der Waals surface area (Å²) in [6.45, 7) is 0.756. The third kappa shape index (κ3) is 4.55. The second-order valence-corrected chi connectivity index (χ2v) is 8.45. The topological polar surface area (TPSA) is 88.1 Å². The molecule has 1 aliphatic heterocycles. The number of nitrogen functional groups attached to an aromatic ring is 1. The van der Waals surface area contributed by atoms with Crippen LogP contribution in [0.25, 0.3) is 11.2 Å². The van der Waals surface area contributed by atoms with Gasteiger partial charge in [-0.3, -0.25) is 0 Å². The number of aryl methyl sites for hydroxylation is 2. The van der Waals surface area contributed by atoms with E-state index in [1.165, 1.54) is 23.7 Å². The van der Waals surface area contributed by atoms with Crippen LogP contribution in [-0.4, -0.2) is 25.8 Å². The molecule has 4 aromatic rings. The van der Waals surface area contributed by atoms with Gasteiger partial charge >= 0.3 is 0 Å². The highest BCUT2D eigenvalue weighted by Crippen LogP contribution is 2.34. The Hall–Kier alpha value is -3.52. The first-order valence-electron chi connectivity index (χ1n) is 10.5. The van der Waals surface area contributed by atoms with Crippen LogP contribution in [0.5, 0.6) is 0 Å². The Kier molecular flexibility index (Phi) is 5.93. The minimum Gasteiger partial charge on any atom is -0.458 e. The van der Waals surface area contributed by atoms with Crippen LogP contribution in [0.3, 0.4) is 0 Å². The highest BCUT2D eigenvalue weighted by atomic mass is 32.2. The largest absolute Gasteiger partial charge is 0.458 e. The normalized spacial score (nSPS) is 15.4. The fraction of sp³-hybridized carbons (Fsp3) is 0.208. The van der Waals surface area contributed by atoms with Crippen molar-refractivity contribution in [1.82, 2.24) is 19.5 Å². The highest BCUT2D eigenvalue weighted by Gasteiger charge is 2.24. The van der Waals surface area contributed by atoms with E-state index in [4.69, 9.17) is 20.2 Å². The van der Waals surface area contributed by atoms with Crippen molar-refractivity contribution in [3.05, 3.63) is 89.5 Å². The van der Waals surface area contributed by atoms with Crippen LogP contribution < -0.4 is 5.73 Å². The van der Waals surface area contributed by atoms with Gasteiger partial charge in [-0.05, 0) is 35.7 Å². The average molecular weight is 446 g/mol. The highest BCUT2D eigenvalue weighted by molar-refractivity contribution is 8.02. The summed E-state index contributed by atoms with van der Waals surface area (Å²) < 4.78 is 13.8. The molecular weight excluding hydrogens is 422 g/mol. The molecular formula is C24H23N5O2S. The van der Waals surface area contributed by atoms with Gasteiger partial charge in [0.2, 0.25) is 6.29 Å². The second-order valence-electron chi connectivity index (χ2n) is 7.48. The SMILES string of the molecule is Nc1ncnc2c1nc(SC1=COC(Cc3ccccc3)O1)n2CCCc1ccccc1. The summed E-state index contributed by atoms with van der Waals surface area (Å²) in [7, 11) is 0. The molecule has 2 N–H and O–H groups in total. The number of rotatable bonds is 8. The third-order valence-corrected chi connectivity index (χ3v) is 6.10. The summed E-state index contributed by atoms with van der Waals surface area (Å²) in [4.78, 5) is 13.2. The number of anilines is 1. The second kappa shape index (κ2) is 9.32. The molecule has 0 saturated heterocycles. The van der Waals surface area contributed by atoms with E-state index in [9.17, 15) is 0 Å². The van der Waals surface area contributed by atoms with E-state index in [-0.39, 0.29) is 6.29 Å². The van der Waals surface area contributed by atoms with Gasteiger partial charge in [0.1, 0.15) is 12.6 Å². The number of thioether (sulfide) groups is 1. The number of hydrogen-bond donors (Lipinski definition) is 1. The first-order valence-corrected chi connectivity index (χ1v) is 11.3.